The second-order valence-electron chi connectivity index (χ2n) is 3.64. The van der Waals surface area contributed by atoms with Crippen molar-refractivity contribution in [2.75, 3.05) is 0 Å². The predicted octanol–water partition coefficient (Wildman–Crippen LogP) is 4.86. The molecule has 0 aliphatic carbocycles. The highest BCUT2D eigenvalue weighted by atomic mass is 79.9. The topological polar surface area (TPSA) is 22.1 Å². The average molecular weight is 347 g/mol. The van der Waals surface area contributed by atoms with Crippen LogP contribution in [0.1, 0.15) is 11.3 Å². The monoisotopic (exact) mass is 345 g/mol. The van der Waals surface area contributed by atoms with Gasteiger partial charge >= 0.3 is 0 Å². The Labute approximate surface area is 124 Å². The van der Waals surface area contributed by atoms with E-state index in [0.29, 0.717) is 22.4 Å². The second kappa shape index (κ2) is 6.41. The Morgan fingerprint density at radius 2 is 2.00 bits per heavy atom. The van der Waals surface area contributed by atoms with Crippen molar-refractivity contribution in [3.8, 4) is 5.75 Å². The van der Waals surface area contributed by atoms with Gasteiger partial charge in [-0.05, 0) is 30.3 Å². The molecule has 0 atom stereocenters. The van der Waals surface area contributed by atoms with Crippen LogP contribution >= 0.6 is 39.1 Å². The molecule has 0 unspecified atom stereocenters. The highest BCUT2D eigenvalue weighted by Crippen LogP contribution is 2.22. The molecule has 0 spiro atoms. The summed E-state index contributed by atoms with van der Waals surface area (Å²) in [5.41, 5.74) is 1.82. The SMILES string of the molecule is Clc1ccc(Cl)c(COc2ccc(CBr)nc2)c1. The fraction of sp³-hybridized carbons (Fsp3) is 0.154. The molecule has 1 aromatic carbocycles. The van der Waals surface area contributed by atoms with Crippen LogP contribution in [0, 0.1) is 0 Å². The fourth-order valence-electron chi connectivity index (χ4n) is 1.39. The number of ether oxygens (including phenoxy) is 1. The molecule has 2 aromatic rings. The quantitative estimate of drug-likeness (QED) is 0.737. The number of aromatic nitrogens is 1. The summed E-state index contributed by atoms with van der Waals surface area (Å²) < 4.78 is 5.61. The van der Waals surface area contributed by atoms with Crippen molar-refractivity contribution in [3.05, 3.63) is 57.8 Å². The average Bonchev–Trinajstić information content (AvgIpc) is 2.40. The number of halogens is 3. The van der Waals surface area contributed by atoms with Crippen LogP contribution in [0.3, 0.4) is 0 Å². The van der Waals surface area contributed by atoms with Gasteiger partial charge in [-0.15, -0.1) is 0 Å². The minimum absolute atomic E-state index is 0.370. The Morgan fingerprint density at radius 3 is 2.67 bits per heavy atom. The molecule has 18 heavy (non-hydrogen) atoms. The van der Waals surface area contributed by atoms with Gasteiger partial charge in [-0.25, -0.2) is 0 Å². The molecule has 0 fully saturated rings. The maximum Gasteiger partial charge on any atom is 0.138 e. The molecule has 2 rings (SSSR count). The van der Waals surface area contributed by atoms with Crippen LogP contribution in [0.25, 0.3) is 0 Å². The lowest BCUT2D eigenvalue weighted by molar-refractivity contribution is 0.305. The fourth-order valence-corrected chi connectivity index (χ4v) is 2.09. The smallest absolute Gasteiger partial charge is 0.138 e. The van der Waals surface area contributed by atoms with E-state index in [1.165, 1.54) is 0 Å². The van der Waals surface area contributed by atoms with Gasteiger partial charge in [-0.2, -0.15) is 0 Å². The first-order valence-electron chi connectivity index (χ1n) is 5.26. The molecule has 0 radical (unpaired) electrons. The van der Waals surface area contributed by atoms with Crippen LogP contribution in [0.4, 0.5) is 0 Å². The minimum atomic E-state index is 0.370. The van der Waals surface area contributed by atoms with Crippen LogP contribution in [0.5, 0.6) is 5.75 Å². The molecule has 1 heterocycles. The van der Waals surface area contributed by atoms with Gasteiger partial charge in [-0.1, -0.05) is 39.1 Å². The normalized spacial score (nSPS) is 10.4. The molecule has 5 heteroatoms. The first kappa shape index (κ1) is 13.7. The zero-order chi connectivity index (χ0) is 13.0. The Bertz CT molecular complexity index is 531. The third kappa shape index (κ3) is 3.61. The van der Waals surface area contributed by atoms with Crippen molar-refractivity contribution in [3.63, 3.8) is 0 Å². The molecule has 94 valence electrons. The maximum absolute atomic E-state index is 6.05. The summed E-state index contributed by atoms with van der Waals surface area (Å²) in [5, 5.41) is 2.02. The van der Waals surface area contributed by atoms with E-state index in [9.17, 15) is 0 Å². The first-order valence-corrected chi connectivity index (χ1v) is 7.14. The lowest BCUT2D eigenvalue weighted by atomic mass is 10.2. The number of rotatable bonds is 4. The summed E-state index contributed by atoms with van der Waals surface area (Å²) in [6.45, 7) is 0.370. The number of hydrogen-bond acceptors (Lipinski definition) is 2. The highest BCUT2D eigenvalue weighted by molar-refractivity contribution is 9.08. The molecule has 0 aliphatic heterocycles. The third-order valence-corrected chi connectivity index (χ3v) is 3.51. The van der Waals surface area contributed by atoms with Crippen LogP contribution < -0.4 is 4.74 Å². The van der Waals surface area contributed by atoms with E-state index >= 15 is 0 Å². The largest absolute Gasteiger partial charge is 0.487 e. The summed E-state index contributed by atoms with van der Waals surface area (Å²) in [7, 11) is 0. The van der Waals surface area contributed by atoms with Gasteiger partial charge in [0.15, 0.2) is 0 Å². The van der Waals surface area contributed by atoms with E-state index in [2.05, 4.69) is 20.9 Å². The number of hydrogen-bond donors (Lipinski definition) is 0. The predicted molar refractivity (Wildman–Crippen MR) is 77.7 cm³/mol. The van der Waals surface area contributed by atoms with E-state index in [0.717, 1.165) is 16.6 Å². The summed E-state index contributed by atoms with van der Waals surface area (Å²) in [6.07, 6.45) is 1.69. The Morgan fingerprint density at radius 1 is 1.17 bits per heavy atom. The van der Waals surface area contributed by atoms with E-state index in [1.807, 2.05) is 12.1 Å². The highest BCUT2D eigenvalue weighted by Gasteiger charge is 2.03. The van der Waals surface area contributed by atoms with E-state index in [4.69, 9.17) is 27.9 Å². The molecule has 0 amide bonds. The van der Waals surface area contributed by atoms with Gasteiger partial charge in [0.25, 0.3) is 0 Å². The van der Waals surface area contributed by atoms with Gasteiger partial charge in [0, 0.05) is 20.9 Å². The number of benzene rings is 1. The van der Waals surface area contributed by atoms with Gasteiger partial charge in [0.05, 0.1) is 11.9 Å². The van der Waals surface area contributed by atoms with Crippen molar-refractivity contribution in [1.82, 2.24) is 4.98 Å². The van der Waals surface area contributed by atoms with E-state index in [-0.39, 0.29) is 0 Å². The van der Waals surface area contributed by atoms with Gasteiger partial charge < -0.3 is 4.74 Å². The van der Waals surface area contributed by atoms with Crippen molar-refractivity contribution >= 4 is 39.1 Å². The number of nitrogens with zero attached hydrogens (tertiary/aromatic N) is 1. The molecule has 2 nitrogen and oxygen atoms in total. The molecule has 0 saturated heterocycles. The Hall–Kier alpha value is -0.770. The van der Waals surface area contributed by atoms with Crippen LogP contribution in [0.2, 0.25) is 10.0 Å². The Kier molecular flexibility index (Phi) is 4.87. The van der Waals surface area contributed by atoms with Crippen LogP contribution in [-0.2, 0) is 11.9 Å². The van der Waals surface area contributed by atoms with Gasteiger partial charge in [-0.3, -0.25) is 4.98 Å². The molecule has 0 aliphatic rings. The second-order valence-corrected chi connectivity index (χ2v) is 5.05. The summed E-state index contributed by atoms with van der Waals surface area (Å²) >= 11 is 15.3. The zero-order valence-corrected chi connectivity index (χ0v) is 12.5. The molecule has 1 aromatic heterocycles. The standard InChI is InChI=1S/C13H10BrCl2NO/c14-6-11-2-3-12(7-17-11)18-8-9-5-10(15)1-4-13(9)16/h1-5,7H,6,8H2. The maximum atomic E-state index is 6.05. The number of pyridine rings is 1. The number of alkyl halides is 1. The summed E-state index contributed by atoms with van der Waals surface area (Å²) in [5.74, 6) is 0.704. The first-order chi connectivity index (χ1) is 8.69. The van der Waals surface area contributed by atoms with Crippen molar-refractivity contribution < 1.29 is 4.74 Å². The summed E-state index contributed by atoms with van der Waals surface area (Å²) in [6, 6.07) is 9.09. The van der Waals surface area contributed by atoms with E-state index < -0.39 is 0 Å². The zero-order valence-electron chi connectivity index (χ0n) is 9.37. The van der Waals surface area contributed by atoms with E-state index in [1.54, 1.807) is 24.4 Å². The van der Waals surface area contributed by atoms with Crippen molar-refractivity contribution in [2.24, 2.45) is 0 Å². The molecule has 0 bridgehead atoms. The molecular weight excluding hydrogens is 337 g/mol. The third-order valence-electron chi connectivity index (χ3n) is 2.34. The van der Waals surface area contributed by atoms with Gasteiger partial charge in [0.2, 0.25) is 0 Å². The summed E-state index contributed by atoms with van der Waals surface area (Å²) in [4.78, 5) is 4.22. The lowest BCUT2D eigenvalue weighted by Crippen LogP contribution is -1.97. The van der Waals surface area contributed by atoms with Crippen LogP contribution in [0.15, 0.2) is 36.5 Å². The molecule has 0 saturated carbocycles. The van der Waals surface area contributed by atoms with Gasteiger partial charge in [0.1, 0.15) is 12.4 Å². The minimum Gasteiger partial charge on any atom is -0.487 e. The van der Waals surface area contributed by atoms with Crippen molar-refractivity contribution in [1.29, 1.82) is 0 Å². The molecule has 0 N–H and O–H groups in total. The Balaban J connectivity index is 2.04. The van der Waals surface area contributed by atoms with Crippen LogP contribution in [-0.4, -0.2) is 4.98 Å². The van der Waals surface area contributed by atoms with Crippen molar-refractivity contribution in [2.45, 2.75) is 11.9 Å². The lowest BCUT2D eigenvalue weighted by Gasteiger charge is -2.08. The molecular formula is C13H10BrCl2NO.